The Balaban J connectivity index is 1.78. The van der Waals surface area contributed by atoms with Crippen LogP contribution < -0.4 is 11.3 Å². The molecule has 1 aliphatic carbocycles. The Morgan fingerprint density at radius 2 is 2.00 bits per heavy atom. The number of hydrogen-bond acceptors (Lipinski definition) is 5. The molecule has 0 radical (unpaired) electrons. The van der Waals surface area contributed by atoms with Crippen LogP contribution in [0, 0.1) is 0 Å². The molecule has 0 atom stereocenters. The fourth-order valence-corrected chi connectivity index (χ4v) is 2.99. The van der Waals surface area contributed by atoms with E-state index in [2.05, 4.69) is 15.2 Å². The molecule has 0 spiro atoms. The van der Waals surface area contributed by atoms with Crippen LogP contribution in [0.4, 0.5) is 0 Å². The first kappa shape index (κ1) is 14.2. The third-order valence-electron chi connectivity index (χ3n) is 4.35. The predicted octanol–water partition coefficient (Wildman–Crippen LogP) is 0.951. The molecule has 0 unspecified atom stereocenters. The van der Waals surface area contributed by atoms with Crippen molar-refractivity contribution in [2.45, 2.75) is 44.4 Å². The average Bonchev–Trinajstić information content (AvgIpc) is 2.51. The summed E-state index contributed by atoms with van der Waals surface area (Å²) in [5.41, 5.74) is 6.50. The average molecular weight is 287 g/mol. The van der Waals surface area contributed by atoms with E-state index in [9.17, 15) is 4.79 Å². The van der Waals surface area contributed by atoms with Crippen LogP contribution in [0.2, 0.25) is 0 Å². The summed E-state index contributed by atoms with van der Waals surface area (Å²) in [6, 6.07) is 8.10. The highest BCUT2D eigenvalue weighted by Crippen LogP contribution is 2.21. The number of nitrogens with zero attached hydrogens (tertiary/aromatic N) is 4. The molecule has 3 rings (SSSR count). The van der Waals surface area contributed by atoms with Gasteiger partial charge < -0.3 is 5.73 Å². The second kappa shape index (κ2) is 5.91. The zero-order chi connectivity index (χ0) is 14.8. The molecule has 0 aliphatic heterocycles. The topological polar surface area (TPSA) is 77.0 Å². The third kappa shape index (κ3) is 2.96. The molecule has 1 aromatic heterocycles. The van der Waals surface area contributed by atoms with Gasteiger partial charge in [-0.25, -0.2) is 0 Å². The molecule has 0 amide bonds. The van der Waals surface area contributed by atoms with E-state index in [0.29, 0.717) is 29.7 Å². The molecule has 21 heavy (non-hydrogen) atoms. The molecular formula is C15H21N5O. The molecule has 0 bridgehead atoms. The third-order valence-corrected chi connectivity index (χ3v) is 4.35. The van der Waals surface area contributed by atoms with Gasteiger partial charge in [0.25, 0.3) is 5.56 Å². The van der Waals surface area contributed by atoms with Gasteiger partial charge in [0.05, 0.1) is 12.1 Å². The van der Waals surface area contributed by atoms with E-state index in [-0.39, 0.29) is 5.56 Å². The molecule has 112 valence electrons. The van der Waals surface area contributed by atoms with Gasteiger partial charge in [0.1, 0.15) is 5.52 Å². The summed E-state index contributed by atoms with van der Waals surface area (Å²) in [6.07, 6.45) is 4.25. The summed E-state index contributed by atoms with van der Waals surface area (Å²) in [7, 11) is 2.03. The van der Waals surface area contributed by atoms with E-state index < -0.39 is 0 Å². The van der Waals surface area contributed by atoms with Crippen LogP contribution in [-0.2, 0) is 6.67 Å². The summed E-state index contributed by atoms with van der Waals surface area (Å²) in [5.74, 6) is 0. The number of benzene rings is 1. The summed E-state index contributed by atoms with van der Waals surface area (Å²) in [4.78, 5) is 14.6. The summed E-state index contributed by atoms with van der Waals surface area (Å²) in [6.45, 7) is 0.469. The van der Waals surface area contributed by atoms with Gasteiger partial charge in [-0.1, -0.05) is 17.3 Å². The van der Waals surface area contributed by atoms with Crippen molar-refractivity contribution in [3.63, 3.8) is 0 Å². The number of hydrogen-bond donors (Lipinski definition) is 1. The molecule has 1 saturated carbocycles. The van der Waals surface area contributed by atoms with E-state index >= 15 is 0 Å². The van der Waals surface area contributed by atoms with Crippen molar-refractivity contribution in [3.8, 4) is 0 Å². The number of nitrogens with two attached hydrogens (primary N) is 1. The lowest BCUT2D eigenvalue weighted by Gasteiger charge is -2.33. The maximum absolute atomic E-state index is 12.4. The standard InChI is InChI=1S/C15H21N5O/c1-19(12-8-6-11(16)7-9-12)10-20-15(21)13-4-2-3-5-14(13)17-18-20/h2-5,11-12H,6-10,16H2,1H3. The minimum atomic E-state index is -0.0834. The van der Waals surface area contributed by atoms with E-state index in [4.69, 9.17) is 5.73 Å². The van der Waals surface area contributed by atoms with Gasteiger partial charge in [0, 0.05) is 12.1 Å². The summed E-state index contributed by atoms with van der Waals surface area (Å²) in [5, 5.41) is 8.78. The molecule has 2 N–H and O–H groups in total. The van der Waals surface area contributed by atoms with E-state index in [1.807, 2.05) is 19.2 Å². The summed E-state index contributed by atoms with van der Waals surface area (Å²) < 4.78 is 1.44. The van der Waals surface area contributed by atoms with Gasteiger partial charge in [0.15, 0.2) is 0 Å². The van der Waals surface area contributed by atoms with Crippen molar-refractivity contribution in [1.82, 2.24) is 19.9 Å². The molecule has 6 heteroatoms. The Morgan fingerprint density at radius 1 is 1.29 bits per heavy atom. The number of rotatable bonds is 3. The summed E-state index contributed by atoms with van der Waals surface area (Å²) >= 11 is 0. The normalized spacial score (nSPS) is 22.8. The molecular weight excluding hydrogens is 266 g/mol. The van der Waals surface area contributed by atoms with Gasteiger partial charge in [-0.2, -0.15) is 4.68 Å². The number of fused-ring (bicyclic) bond motifs is 1. The first-order valence-electron chi connectivity index (χ1n) is 7.43. The van der Waals surface area contributed by atoms with Crippen LogP contribution in [0.5, 0.6) is 0 Å². The van der Waals surface area contributed by atoms with Gasteiger partial charge in [-0.15, -0.1) is 5.10 Å². The van der Waals surface area contributed by atoms with Crippen LogP contribution in [0.1, 0.15) is 25.7 Å². The van der Waals surface area contributed by atoms with E-state index in [1.165, 1.54) is 4.68 Å². The quantitative estimate of drug-likeness (QED) is 0.909. The highest BCUT2D eigenvalue weighted by Gasteiger charge is 2.22. The fraction of sp³-hybridized carbons (Fsp3) is 0.533. The highest BCUT2D eigenvalue weighted by atomic mass is 16.1. The smallest absolute Gasteiger partial charge is 0.278 e. The second-order valence-corrected chi connectivity index (χ2v) is 5.88. The van der Waals surface area contributed by atoms with Crippen LogP contribution in [0.3, 0.4) is 0 Å². The Morgan fingerprint density at radius 3 is 2.76 bits per heavy atom. The SMILES string of the molecule is CN(Cn1nnc2ccccc2c1=O)C1CCC(N)CC1. The lowest BCUT2D eigenvalue weighted by atomic mass is 9.91. The van der Waals surface area contributed by atoms with Gasteiger partial charge in [0.2, 0.25) is 0 Å². The van der Waals surface area contributed by atoms with Crippen molar-refractivity contribution in [2.75, 3.05) is 7.05 Å². The van der Waals surface area contributed by atoms with E-state index in [1.54, 1.807) is 12.1 Å². The van der Waals surface area contributed by atoms with Crippen molar-refractivity contribution in [3.05, 3.63) is 34.6 Å². The largest absolute Gasteiger partial charge is 0.328 e. The maximum Gasteiger partial charge on any atom is 0.278 e. The fourth-order valence-electron chi connectivity index (χ4n) is 2.99. The molecule has 0 saturated heterocycles. The Bertz CT molecular complexity index is 675. The maximum atomic E-state index is 12.4. The highest BCUT2D eigenvalue weighted by molar-refractivity contribution is 5.76. The zero-order valence-corrected chi connectivity index (χ0v) is 12.3. The lowest BCUT2D eigenvalue weighted by molar-refractivity contribution is 0.136. The van der Waals surface area contributed by atoms with Crippen LogP contribution >= 0.6 is 0 Å². The Hall–Kier alpha value is -1.79. The van der Waals surface area contributed by atoms with Crippen molar-refractivity contribution >= 4 is 10.9 Å². The van der Waals surface area contributed by atoms with E-state index in [0.717, 1.165) is 25.7 Å². The predicted molar refractivity (Wildman–Crippen MR) is 81.8 cm³/mol. The molecule has 1 fully saturated rings. The van der Waals surface area contributed by atoms with Crippen LogP contribution in [-0.4, -0.2) is 39.0 Å². The molecule has 1 aliphatic rings. The molecule has 2 aromatic rings. The Labute approximate surface area is 123 Å². The van der Waals surface area contributed by atoms with Crippen molar-refractivity contribution in [2.24, 2.45) is 5.73 Å². The van der Waals surface area contributed by atoms with Gasteiger partial charge in [-0.3, -0.25) is 9.69 Å². The van der Waals surface area contributed by atoms with Crippen molar-refractivity contribution in [1.29, 1.82) is 0 Å². The minimum Gasteiger partial charge on any atom is -0.328 e. The van der Waals surface area contributed by atoms with Crippen LogP contribution in [0.15, 0.2) is 29.1 Å². The van der Waals surface area contributed by atoms with Crippen LogP contribution in [0.25, 0.3) is 10.9 Å². The molecule has 1 aromatic carbocycles. The van der Waals surface area contributed by atoms with Gasteiger partial charge >= 0.3 is 0 Å². The van der Waals surface area contributed by atoms with Gasteiger partial charge in [-0.05, 0) is 44.9 Å². The second-order valence-electron chi connectivity index (χ2n) is 5.88. The number of aromatic nitrogens is 3. The Kier molecular flexibility index (Phi) is 3.98. The minimum absolute atomic E-state index is 0.0834. The lowest BCUT2D eigenvalue weighted by Crippen LogP contribution is -2.42. The molecule has 6 nitrogen and oxygen atoms in total. The first-order chi connectivity index (χ1) is 10.1. The zero-order valence-electron chi connectivity index (χ0n) is 12.3. The van der Waals surface area contributed by atoms with Crippen molar-refractivity contribution < 1.29 is 0 Å². The molecule has 1 heterocycles. The first-order valence-corrected chi connectivity index (χ1v) is 7.43. The monoisotopic (exact) mass is 287 g/mol.